The third-order valence-electron chi connectivity index (χ3n) is 5.82. The van der Waals surface area contributed by atoms with Crippen LogP contribution in [0.2, 0.25) is 0 Å². The van der Waals surface area contributed by atoms with E-state index in [0.29, 0.717) is 12.3 Å². The first-order valence-electron chi connectivity index (χ1n) is 9.85. The molecular weight excluding hydrogens is 302 g/mol. The van der Waals surface area contributed by atoms with Crippen LogP contribution in [-0.2, 0) is 9.63 Å². The molecule has 0 spiro atoms. The Labute approximate surface area is 146 Å². The summed E-state index contributed by atoms with van der Waals surface area (Å²) in [6, 6.07) is 0. The Morgan fingerprint density at radius 3 is 2.50 bits per heavy atom. The number of oxime groups is 1. The summed E-state index contributed by atoms with van der Waals surface area (Å²) in [6.45, 7) is 7.56. The Balaban J connectivity index is 1.60. The molecule has 1 aliphatic carbocycles. The zero-order valence-electron chi connectivity index (χ0n) is 15.4. The van der Waals surface area contributed by atoms with Gasteiger partial charge in [0.2, 0.25) is 6.10 Å². The molecular formula is C19H33N3O2. The van der Waals surface area contributed by atoms with E-state index in [9.17, 15) is 4.79 Å². The number of likely N-dealkylation sites (tertiary alicyclic amines) is 1. The number of piperidine rings is 1. The highest BCUT2D eigenvalue weighted by Gasteiger charge is 2.39. The van der Waals surface area contributed by atoms with Gasteiger partial charge in [-0.3, -0.25) is 4.79 Å². The molecule has 1 N–H and O–H groups in total. The van der Waals surface area contributed by atoms with Gasteiger partial charge in [-0.2, -0.15) is 0 Å². The monoisotopic (exact) mass is 335 g/mol. The van der Waals surface area contributed by atoms with Crippen LogP contribution < -0.4 is 5.32 Å². The largest absolute Gasteiger partial charge is 0.382 e. The highest BCUT2D eigenvalue weighted by molar-refractivity contribution is 5.94. The Morgan fingerprint density at radius 2 is 1.88 bits per heavy atom. The standard InChI is InChI=1S/C19H33N3O2/c1-15(2)16-13-17(24-21-16)18(23)20-19(9-5-3-6-10-19)14-22-11-7-4-8-12-22/h15,17H,3-14H2,1-2H3,(H,20,23)/t17-/m0/s1. The zero-order chi connectivity index (χ0) is 17.0. The second-order valence-corrected chi connectivity index (χ2v) is 8.20. The molecule has 3 rings (SSSR count). The molecule has 1 atom stereocenters. The molecule has 5 nitrogen and oxygen atoms in total. The van der Waals surface area contributed by atoms with Gasteiger partial charge in [0.15, 0.2) is 0 Å². The summed E-state index contributed by atoms with van der Waals surface area (Å²) < 4.78 is 0. The van der Waals surface area contributed by atoms with Crippen molar-refractivity contribution in [1.29, 1.82) is 0 Å². The minimum atomic E-state index is -0.428. The van der Waals surface area contributed by atoms with Gasteiger partial charge in [-0.05, 0) is 44.7 Å². The van der Waals surface area contributed by atoms with Gasteiger partial charge in [-0.15, -0.1) is 0 Å². The van der Waals surface area contributed by atoms with Crippen molar-refractivity contribution in [2.45, 2.75) is 83.3 Å². The molecule has 3 aliphatic rings. The zero-order valence-corrected chi connectivity index (χ0v) is 15.4. The Kier molecular flexibility index (Phi) is 5.80. The van der Waals surface area contributed by atoms with Crippen molar-refractivity contribution in [3.05, 3.63) is 0 Å². The number of hydrogen-bond donors (Lipinski definition) is 1. The second kappa shape index (κ2) is 7.85. The van der Waals surface area contributed by atoms with E-state index in [0.717, 1.165) is 25.1 Å². The predicted molar refractivity (Wildman–Crippen MR) is 96.0 cm³/mol. The fraction of sp³-hybridized carbons (Fsp3) is 0.895. The van der Waals surface area contributed by atoms with Crippen LogP contribution in [0.5, 0.6) is 0 Å². The first kappa shape index (κ1) is 17.7. The van der Waals surface area contributed by atoms with Crippen molar-refractivity contribution in [3.63, 3.8) is 0 Å². The normalized spacial score (nSPS) is 27.6. The van der Waals surface area contributed by atoms with Crippen molar-refractivity contribution in [2.24, 2.45) is 11.1 Å². The molecule has 2 heterocycles. The van der Waals surface area contributed by atoms with Crippen LogP contribution in [0.4, 0.5) is 0 Å². The molecule has 0 aromatic heterocycles. The number of amides is 1. The summed E-state index contributed by atoms with van der Waals surface area (Å²) in [5.74, 6) is 0.383. The summed E-state index contributed by atoms with van der Waals surface area (Å²) >= 11 is 0. The maximum absolute atomic E-state index is 12.8. The van der Waals surface area contributed by atoms with Gasteiger partial charge in [0.1, 0.15) is 0 Å². The van der Waals surface area contributed by atoms with E-state index in [4.69, 9.17) is 4.84 Å². The van der Waals surface area contributed by atoms with Crippen molar-refractivity contribution in [3.8, 4) is 0 Å². The minimum absolute atomic E-state index is 0.0355. The quantitative estimate of drug-likeness (QED) is 0.840. The maximum Gasteiger partial charge on any atom is 0.264 e. The van der Waals surface area contributed by atoms with Gasteiger partial charge in [0.25, 0.3) is 5.91 Å². The lowest BCUT2D eigenvalue weighted by molar-refractivity contribution is -0.134. The van der Waals surface area contributed by atoms with E-state index in [1.54, 1.807) is 0 Å². The highest BCUT2D eigenvalue weighted by Crippen LogP contribution is 2.30. The number of hydrogen-bond acceptors (Lipinski definition) is 4. The van der Waals surface area contributed by atoms with Gasteiger partial charge in [0, 0.05) is 13.0 Å². The van der Waals surface area contributed by atoms with E-state index in [2.05, 4.69) is 29.2 Å². The van der Waals surface area contributed by atoms with Gasteiger partial charge in [-0.25, -0.2) is 0 Å². The SMILES string of the molecule is CC(C)C1=NO[C@H](C(=O)NC2(CN3CCCCC3)CCCCC2)C1. The molecule has 0 aromatic carbocycles. The number of nitrogens with one attached hydrogen (secondary N) is 1. The average Bonchev–Trinajstić information content (AvgIpc) is 3.07. The van der Waals surface area contributed by atoms with Crippen molar-refractivity contribution < 1.29 is 9.63 Å². The molecule has 136 valence electrons. The number of rotatable bonds is 5. The fourth-order valence-corrected chi connectivity index (χ4v) is 4.32. The first-order valence-corrected chi connectivity index (χ1v) is 9.85. The number of carbonyl (C=O) groups excluding carboxylic acids is 1. The predicted octanol–water partition coefficient (Wildman–Crippen LogP) is 3.09. The molecule has 1 saturated carbocycles. The van der Waals surface area contributed by atoms with Gasteiger partial charge >= 0.3 is 0 Å². The van der Waals surface area contributed by atoms with Crippen LogP contribution in [0.3, 0.4) is 0 Å². The summed E-state index contributed by atoms with van der Waals surface area (Å²) in [4.78, 5) is 20.8. The van der Waals surface area contributed by atoms with E-state index in [-0.39, 0.29) is 11.4 Å². The molecule has 0 bridgehead atoms. The fourth-order valence-electron chi connectivity index (χ4n) is 4.32. The van der Waals surface area contributed by atoms with Crippen molar-refractivity contribution >= 4 is 11.6 Å². The number of nitrogens with zero attached hydrogens (tertiary/aromatic N) is 2. The molecule has 1 saturated heterocycles. The molecule has 24 heavy (non-hydrogen) atoms. The van der Waals surface area contributed by atoms with Gasteiger partial charge in [-0.1, -0.05) is 44.7 Å². The average molecular weight is 335 g/mol. The van der Waals surface area contributed by atoms with Crippen LogP contribution in [-0.4, -0.2) is 47.8 Å². The third kappa shape index (κ3) is 4.29. The smallest absolute Gasteiger partial charge is 0.264 e. The number of carbonyl (C=O) groups is 1. The Morgan fingerprint density at radius 1 is 1.21 bits per heavy atom. The summed E-state index contributed by atoms with van der Waals surface area (Å²) in [5.41, 5.74) is 0.945. The van der Waals surface area contributed by atoms with E-state index < -0.39 is 6.10 Å². The highest BCUT2D eigenvalue weighted by atomic mass is 16.6. The summed E-state index contributed by atoms with van der Waals surface area (Å²) in [7, 11) is 0. The second-order valence-electron chi connectivity index (χ2n) is 8.20. The molecule has 0 aromatic rings. The van der Waals surface area contributed by atoms with Crippen LogP contribution >= 0.6 is 0 Å². The van der Waals surface area contributed by atoms with Crippen molar-refractivity contribution in [2.75, 3.05) is 19.6 Å². The summed E-state index contributed by atoms with van der Waals surface area (Å²) in [5, 5.41) is 7.52. The van der Waals surface area contributed by atoms with Crippen molar-refractivity contribution in [1.82, 2.24) is 10.2 Å². The van der Waals surface area contributed by atoms with Crippen LogP contribution in [0.1, 0.15) is 71.6 Å². The van der Waals surface area contributed by atoms with Crippen LogP contribution in [0.15, 0.2) is 5.16 Å². The molecule has 2 fully saturated rings. The molecule has 0 unspecified atom stereocenters. The van der Waals surface area contributed by atoms with E-state index in [1.807, 2.05) is 0 Å². The van der Waals surface area contributed by atoms with Gasteiger partial charge in [0.05, 0.1) is 11.3 Å². The molecule has 0 radical (unpaired) electrons. The third-order valence-corrected chi connectivity index (χ3v) is 5.82. The van der Waals surface area contributed by atoms with Crippen LogP contribution in [0.25, 0.3) is 0 Å². The lowest BCUT2D eigenvalue weighted by Gasteiger charge is -2.43. The topological polar surface area (TPSA) is 53.9 Å². The Hall–Kier alpha value is -1.10. The maximum atomic E-state index is 12.8. The van der Waals surface area contributed by atoms with E-state index in [1.165, 1.54) is 51.6 Å². The molecule has 2 aliphatic heterocycles. The first-order chi connectivity index (χ1) is 11.6. The van der Waals surface area contributed by atoms with Crippen LogP contribution in [0, 0.1) is 5.92 Å². The lowest BCUT2D eigenvalue weighted by atomic mass is 9.80. The molecule has 5 heteroatoms. The summed E-state index contributed by atoms with van der Waals surface area (Å²) in [6.07, 6.45) is 10.1. The lowest BCUT2D eigenvalue weighted by Crippen LogP contribution is -2.59. The Bertz CT molecular complexity index is 463. The molecule has 1 amide bonds. The van der Waals surface area contributed by atoms with E-state index >= 15 is 0 Å². The minimum Gasteiger partial charge on any atom is -0.382 e. The van der Waals surface area contributed by atoms with Gasteiger partial charge < -0.3 is 15.1 Å².